The summed E-state index contributed by atoms with van der Waals surface area (Å²) in [4.78, 5) is 10.9. The molecule has 0 aromatic heterocycles. The highest BCUT2D eigenvalue weighted by molar-refractivity contribution is 6.30. The number of carboxylic acids is 1. The molecule has 3 rings (SSSR count). The van der Waals surface area contributed by atoms with Gasteiger partial charge in [0.05, 0.1) is 11.7 Å². The highest BCUT2D eigenvalue weighted by atomic mass is 35.5. The Balaban J connectivity index is 1.60. The number of aliphatic hydroxyl groups is 1. The monoisotopic (exact) mass is 345 g/mol. The van der Waals surface area contributed by atoms with E-state index in [1.807, 2.05) is 24.3 Å². The molecule has 1 aliphatic rings. The summed E-state index contributed by atoms with van der Waals surface area (Å²) < 4.78 is 0. The molecule has 5 heteroatoms. The molecule has 24 heavy (non-hydrogen) atoms. The molecule has 1 fully saturated rings. The Bertz CT molecular complexity index is 717. The van der Waals surface area contributed by atoms with E-state index in [0.29, 0.717) is 10.6 Å². The van der Waals surface area contributed by atoms with Crippen LogP contribution in [0.1, 0.15) is 40.4 Å². The first kappa shape index (κ1) is 17.0. The van der Waals surface area contributed by atoms with Gasteiger partial charge in [-0.3, -0.25) is 0 Å². The minimum absolute atomic E-state index is 0.00626. The summed E-state index contributed by atoms with van der Waals surface area (Å²) in [6, 6.07) is 14.6. The van der Waals surface area contributed by atoms with Crippen LogP contribution in [0.5, 0.6) is 0 Å². The molecule has 4 nitrogen and oxygen atoms in total. The lowest BCUT2D eigenvalue weighted by Gasteiger charge is -2.20. The van der Waals surface area contributed by atoms with E-state index in [-0.39, 0.29) is 12.1 Å². The zero-order valence-electron chi connectivity index (χ0n) is 13.2. The summed E-state index contributed by atoms with van der Waals surface area (Å²) >= 11 is 5.99. The van der Waals surface area contributed by atoms with Crippen LogP contribution in [0.2, 0.25) is 5.02 Å². The Labute approximate surface area is 146 Å². The van der Waals surface area contributed by atoms with E-state index in [4.69, 9.17) is 16.7 Å². The SMILES string of the molecule is O=C(O)c1ccc(CC2CCC(C(O)c3cccc(Cl)c3)N2)cc1. The predicted molar refractivity (Wildman–Crippen MR) is 93.5 cm³/mol. The lowest BCUT2D eigenvalue weighted by atomic mass is 10.0. The topological polar surface area (TPSA) is 69.6 Å². The number of benzene rings is 2. The van der Waals surface area contributed by atoms with Gasteiger partial charge in [0.1, 0.15) is 0 Å². The summed E-state index contributed by atoms with van der Waals surface area (Å²) in [5.41, 5.74) is 2.22. The van der Waals surface area contributed by atoms with Crippen LogP contribution in [0.15, 0.2) is 48.5 Å². The summed E-state index contributed by atoms with van der Waals surface area (Å²) in [6.07, 6.45) is 2.11. The van der Waals surface area contributed by atoms with Crippen LogP contribution < -0.4 is 5.32 Å². The number of carbonyl (C=O) groups is 1. The Morgan fingerprint density at radius 3 is 2.62 bits per heavy atom. The van der Waals surface area contributed by atoms with Crippen LogP contribution in [0.4, 0.5) is 0 Å². The second kappa shape index (κ2) is 7.34. The maximum atomic E-state index is 10.9. The van der Waals surface area contributed by atoms with Crippen LogP contribution in [0.3, 0.4) is 0 Å². The standard InChI is InChI=1S/C19H20ClNO3/c20-15-3-1-2-14(11-15)18(22)17-9-8-16(21-17)10-12-4-6-13(7-5-12)19(23)24/h1-7,11,16-18,21-22H,8-10H2,(H,23,24). The maximum Gasteiger partial charge on any atom is 0.335 e. The number of hydrogen-bond acceptors (Lipinski definition) is 3. The van der Waals surface area contributed by atoms with Crippen LogP contribution in [0, 0.1) is 0 Å². The Kier molecular flexibility index (Phi) is 5.19. The average Bonchev–Trinajstić information content (AvgIpc) is 3.03. The number of halogens is 1. The lowest BCUT2D eigenvalue weighted by molar-refractivity contribution is 0.0697. The first-order chi connectivity index (χ1) is 11.5. The van der Waals surface area contributed by atoms with Crippen LogP contribution in [-0.2, 0) is 6.42 Å². The molecule has 2 aromatic carbocycles. The molecule has 0 bridgehead atoms. The quantitative estimate of drug-likeness (QED) is 0.776. The van der Waals surface area contributed by atoms with E-state index in [9.17, 15) is 9.90 Å². The molecule has 3 atom stereocenters. The van der Waals surface area contributed by atoms with Crippen LogP contribution in [0.25, 0.3) is 0 Å². The van der Waals surface area contributed by atoms with Crippen molar-refractivity contribution in [2.45, 2.75) is 37.5 Å². The molecule has 126 valence electrons. The minimum Gasteiger partial charge on any atom is -0.478 e. The lowest BCUT2D eigenvalue weighted by Crippen LogP contribution is -2.35. The van der Waals surface area contributed by atoms with Crippen molar-refractivity contribution in [1.29, 1.82) is 0 Å². The maximum absolute atomic E-state index is 10.9. The van der Waals surface area contributed by atoms with Crippen molar-refractivity contribution in [2.75, 3.05) is 0 Å². The number of hydrogen-bond donors (Lipinski definition) is 3. The van der Waals surface area contributed by atoms with Crippen molar-refractivity contribution in [3.63, 3.8) is 0 Å². The molecule has 3 unspecified atom stereocenters. The van der Waals surface area contributed by atoms with Gasteiger partial charge < -0.3 is 15.5 Å². The van der Waals surface area contributed by atoms with Crippen molar-refractivity contribution >= 4 is 17.6 Å². The first-order valence-electron chi connectivity index (χ1n) is 8.05. The zero-order valence-corrected chi connectivity index (χ0v) is 13.9. The molecular formula is C19H20ClNO3. The summed E-state index contributed by atoms with van der Waals surface area (Å²) in [7, 11) is 0. The van der Waals surface area contributed by atoms with Gasteiger partial charge in [0, 0.05) is 17.1 Å². The normalized spacial score (nSPS) is 21.6. The Hall–Kier alpha value is -1.88. The van der Waals surface area contributed by atoms with Gasteiger partial charge in [0.15, 0.2) is 0 Å². The fourth-order valence-electron chi connectivity index (χ4n) is 3.25. The molecule has 2 aromatic rings. The molecule has 1 saturated heterocycles. The minimum atomic E-state index is -0.912. The molecule has 0 amide bonds. The third-order valence-corrected chi connectivity index (χ3v) is 4.77. The summed E-state index contributed by atoms with van der Waals surface area (Å²) in [5, 5.41) is 23.6. The molecule has 0 saturated carbocycles. The van der Waals surface area contributed by atoms with Gasteiger partial charge in [-0.1, -0.05) is 35.9 Å². The highest BCUT2D eigenvalue weighted by Gasteiger charge is 2.30. The third-order valence-electron chi connectivity index (χ3n) is 4.53. The number of aromatic carboxylic acids is 1. The van der Waals surface area contributed by atoms with Crippen molar-refractivity contribution in [3.05, 3.63) is 70.2 Å². The van der Waals surface area contributed by atoms with E-state index in [2.05, 4.69) is 5.32 Å². The smallest absolute Gasteiger partial charge is 0.335 e. The Morgan fingerprint density at radius 2 is 1.96 bits per heavy atom. The highest BCUT2D eigenvalue weighted by Crippen LogP contribution is 2.28. The number of aliphatic hydroxyl groups excluding tert-OH is 1. The number of rotatable bonds is 5. The van der Waals surface area contributed by atoms with Crippen LogP contribution in [-0.4, -0.2) is 28.3 Å². The van der Waals surface area contributed by atoms with Crippen molar-refractivity contribution in [3.8, 4) is 0 Å². The van der Waals surface area contributed by atoms with Gasteiger partial charge in [-0.25, -0.2) is 4.79 Å². The van der Waals surface area contributed by atoms with Crippen molar-refractivity contribution < 1.29 is 15.0 Å². The van der Waals surface area contributed by atoms with E-state index in [0.717, 1.165) is 30.4 Å². The van der Waals surface area contributed by atoms with Gasteiger partial charge in [-0.2, -0.15) is 0 Å². The molecule has 0 aliphatic carbocycles. The second-order valence-corrected chi connectivity index (χ2v) is 6.69. The van der Waals surface area contributed by atoms with E-state index >= 15 is 0 Å². The van der Waals surface area contributed by atoms with Gasteiger partial charge in [0.2, 0.25) is 0 Å². The number of nitrogens with one attached hydrogen (secondary N) is 1. The largest absolute Gasteiger partial charge is 0.478 e. The summed E-state index contributed by atoms with van der Waals surface area (Å²) in [5.74, 6) is -0.912. The van der Waals surface area contributed by atoms with E-state index < -0.39 is 12.1 Å². The molecule has 3 N–H and O–H groups in total. The predicted octanol–water partition coefficient (Wildman–Crippen LogP) is 3.43. The van der Waals surface area contributed by atoms with Gasteiger partial charge in [-0.15, -0.1) is 0 Å². The van der Waals surface area contributed by atoms with E-state index in [1.165, 1.54) is 0 Å². The molecular weight excluding hydrogens is 326 g/mol. The van der Waals surface area contributed by atoms with Crippen molar-refractivity contribution in [1.82, 2.24) is 5.32 Å². The first-order valence-corrected chi connectivity index (χ1v) is 8.42. The van der Waals surface area contributed by atoms with E-state index in [1.54, 1.807) is 24.3 Å². The van der Waals surface area contributed by atoms with Crippen molar-refractivity contribution in [2.24, 2.45) is 0 Å². The summed E-state index contributed by atoms with van der Waals surface area (Å²) in [6.45, 7) is 0. The molecule has 1 heterocycles. The van der Waals surface area contributed by atoms with Gasteiger partial charge >= 0.3 is 5.97 Å². The third kappa shape index (κ3) is 3.96. The van der Waals surface area contributed by atoms with Crippen LogP contribution >= 0.6 is 11.6 Å². The second-order valence-electron chi connectivity index (χ2n) is 6.25. The fraction of sp³-hybridized carbons (Fsp3) is 0.316. The molecule has 0 spiro atoms. The zero-order chi connectivity index (χ0) is 17.1. The molecule has 0 radical (unpaired) electrons. The molecule has 1 aliphatic heterocycles. The van der Waals surface area contributed by atoms with Gasteiger partial charge in [-0.05, 0) is 54.7 Å². The number of carboxylic acid groups (broad SMARTS) is 1. The Morgan fingerprint density at radius 1 is 1.21 bits per heavy atom. The van der Waals surface area contributed by atoms with Gasteiger partial charge in [0.25, 0.3) is 0 Å². The average molecular weight is 346 g/mol. The fourth-order valence-corrected chi connectivity index (χ4v) is 3.45.